The molecule has 1 aliphatic rings. The molecule has 1 aromatic heterocycles. The summed E-state index contributed by atoms with van der Waals surface area (Å²) < 4.78 is 5.15. The second-order valence-corrected chi connectivity index (χ2v) is 6.25. The van der Waals surface area contributed by atoms with Crippen molar-refractivity contribution < 1.29 is 14.0 Å². The summed E-state index contributed by atoms with van der Waals surface area (Å²) in [7, 11) is 1.60. The fourth-order valence-electron chi connectivity index (χ4n) is 2.77. The highest BCUT2D eigenvalue weighted by atomic mass is 16.3. The molecular weight excluding hydrogens is 344 g/mol. The van der Waals surface area contributed by atoms with Crippen molar-refractivity contribution in [3.63, 3.8) is 0 Å². The van der Waals surface area contributed by atoms with E-state index < -0.39 is 5.66 Å². The van der Waals surface area contributed by atoms with Gasteiger partial charge in [-0.25, -0.2) is 0 Å². The molecule has 0 saturated carbocycles. The van der Waals surface area contributed by atoms with E-state index in [1.807, 2.05) is 0 Å². The van der Waals surface area contributed by atoms with E-state index in [1.165, 1.54) is 11.2 Å². The van der Waals surface area contributed by atoms with Gasteiger partial charge in [0.25, 0.3) is 11.8 Å². The fraction of sp³-hybridized carbons (Fsp3) is 0.300. The zero-order chi connectivity index (χ0) is 19.3. The summed E-state index contributed by atoms with van der Waals surface area (Å²) in [5.41, 5.74) is 0.465. The first-order valence-electron chi connectivity index (χ1n) is 8.63. The quantitative estimate of drug-likeness (QED) is 0.729. The molecule has 3 rings (SSSR count). The lowest BCUT2D eigenvalue weighted by Gasteiger charge is -2.19. The number of amides is 2. The SMILES string of the molecule is C#CCCC1(CCNC(=O)c2ccccc2N(C)C(=O)c2ccco2)N=N1. The monoisotopic (exact) mass is 364 g/mol. The molecule has 2 aromatic rings. The van der Waals surface area contributed by atoms with E-state index in [9.17, 15) is 9.59 Å². The van der Waals surface area contributed by atoms with Gasteiger partial charge in [0.15, 0.2) is 11.4 Å². The highest BCUT2D eigenvalue weighted by Gasteiger charge is 2.38. The zero-order valence-corrected chi connectivity index (χ0v) is 15.0. The van der Waals surface area contributed by atoms with Crippen LogP contribution in [0.3, 0.4) is 0 Å². The summed E-state index contributed by atoms with van der Waals surface area (Å²) in [5, 5.41) is 11.0. The standard InChI is InChI=1S/C20H20N4O3/c1-3-4-11-20(22-23-20)12-13-21-18(25)15-8-5-6-9-16(15)24(2)19(26)17-10-7-14-27-17/h1,5-10,14H,4,11-13H2,2H3,(H,21,25). The Labute approximate surface area is 157 Å². The van der Waals surface area contributed by atoms with Crippen molar-refractivity contribution in [3.05, 3.63) is 54.0 Å². The molecule has 1 N–H and O–H groups in total. The van der Waals surface area contributed by atoms with E-state index in [0.29, 0.717) is 37.1 Å². The van der Waals surface area contributed by atoms with E-state index in [-0.39, 0.29) is 17.6 Å². The van der Waals surface area contributed by atoms with Gasteiger partial charge in [-0.3, -0.25) is 9.59 Å². The first-order valence-corrected chi connectivity index (χ1v) is 8.63. The van der Waals surface area contributed by atoms with E-state index in [0.717, 1.165) is 0 Å². The summed E-state index contributed by atoms with van der Waals surface area (Å²) in [6.07, 6.45) is 8.61. The molecule has 1 aromatic carbocycles. The molecule has 0 spiro atoms. The topological polar surface area (TPSA) is 87.3 Å². The lowest BCUT2D eigenvalue weighted by molar-refractivity contribution is 0.0952. The number of hydrogen-bond donors (Lipinski definition) is 1. The molecule has 1 aliphatic heterocycles. The highest BCUT2D eigenvalue weighted by molar-refractivity contribution is 6.09. The summed E-state index contributed by atoms with van der Waals surface area (Å²) in [4.78, 5) is 26.5. The second-order valence-electron chi connectivity index (χ2n) is 6.25. The summed E-state index contributed by atoms with van der Waals surface area (Å²) in [6, 6.07) is 10.1. The lowest BCUT2D eigenvalue weighted by atomic mass is 10.0. The van der Waals surface area contributed by atoms with Gasteiger partial charge in [0.2, 0.25) is 0 Å². The average molecular weight is 364 g/mol. The van der Waals surface area contributed by atoms with Crippen LogP contribution in [0.1, 0.15) is 40.2 Å². The Morgan fingerprint density at radius 1 is 1.22 bits per heavy atom. The Balaban J connectivity index is 1.64. The first kappa shape index (κ1) is 18.4. The van der Waals surface area contributed by atoms with Crippen LogP contribution in [0, 0.1) is 12.3 Å². The molecule has 0 aliphatic carbocycles. The number of nitrogens with zero attached hydrogens (tertiary/aromatic N) is 3. The number of anilines is 1. The van der Waals surface area contributed by atoms with Gasteiger partial charge in [-0.2, -0.15) is 10.2 Å². The van der Waals surface area contributed by atoms with E-state index >= 15 is 0 Å². The number of carbonyl (C=O) groups is 2. The van der Waals surface area contributed by atoms with Crippen LogP contribution in [0.4, 0.5) is 5.69 Å². The average Bonchev–Trinajstić information content (AvgIpc) is 3.24. The molecule has 0 atom stereocenters. The highest BCUT2D eigenvalue weighted by Crippen LogP contribution is 2.36. The van der Waals surface area contributed by atoms with Gasteiger partial charge >= 0.3 is 0 Å². The maximum atomic E-state index is 12.6. The number of furan rings is 1. The number of para-hydroxylation sites is 1. The van der Waals surface area contributed by atoms with Crippen LogP contribution in [0.15, 0.2) is 57.3 Å². The number of benzene rings is 1. The predicted octanol–water partition coefficient (Wildman–Crippen LogP) is 3.25. The largest absolute Gasteiger partial charge is 0.459 e. The Kier molecular flexibility index (Phi) is 5.36. The molecule has 7 heteroatoms. The lowest BCUT2D eigenvalue weighted by Crippen LogP contribution is -2.32. The molecule has 27 heavy (non-hydrogen) atoms. The third-order valence-electron chi connectivity index (χ3n) is 4.41. The second kappa shape index (κ2) is 7.87. The van der Waals surface area contributed by atoms with Crippen molar-refractivity contribution in [2.24, 2.45) is 10.2 Å². The number of nitrogens with one attached hydrogen (secondary N) is 1. The molecule has 2 amide bonds. The van der Waals surface area contributed by atoms with Crippen molar-refractivity contribution >= 4 is 17.5 Å². The Hall–Kier alpha value is -3.40. The van der Waals surface area contributed by atoms with Crippen molar-refractivity contribution in [1.29, 1.82) is 0 Å². The normalized spacial score (nSPS) is 13.6. The Morgan fingerprint density at radius 2 is 2.00 bits per heavy atom. The van der Waals surface area contributed by atoms with Crippen LogP contribution >= 0.6 is 0 Å². The van der Waals surface area contributed by atoms with Gasteiger partial charge in [0.05, 0.1) is 17.5 Å². The molecule has 0 fully saturated rings. The molecular formula is C20H20N4O3. The first-order chi connectivity index (χ1) is 13.1. The zero-order valence-electron chi connectivity index (χ0n) is 15.0. The van der Waals surface area contributed by atoms with E-state index in [1.54, 1.807) is 43.4 Å². The van der Waals surface area contributed by atoms with Gasteiger partial charge < -0.3 is 14.6 Å². The van der Waals surface area contributed by atoms with E-state index in [4.69, 9.17) is 10.8 Å². The van der Waals surface area contributed by atoms with Gasteiger partial charge in [-0.1, -0.05) is 12.1 Å². The van der Waals surface area contributed by atoms with Gasteiger partial charge in [0.1, 0.15) is 0 Å². The van der Waals surface area contributed by atoms with Gasteiger partial charge in [0, 0.05) is 32.9 Å². The minimum absolute atomic E-state index is 0.208. The maximum Gasteiger partial charge on any atom is 0.293 e. The molecule has 0 unspecified atom stereocenters. The van der Waals surface area contributed by atoms with Crippen molar-refractivity contribution in [3.8, 4) is 12.3 Å². The van der Waals surface area contributed by atoms with Crippen LogP contribution < -0.4 is 10.2 Å². The number of hydrogen-bond acceptors (Lipinski definition) is 5. The molecule has 138 valence electrons. The van der Waals surface area contributed by atoms with Gasteiger partial charge in [-0.15, -0.1) is 12.3 Å². The smallest absolute Gasteiger partial charge is 0.293 e. The van der Waals surface area contributed by atoms with Crippen LogP contribution in [0.5, 0.6) is 0 Å². The van der Waals surface area contributed by atoms with Crippen molar-refractivity contribution in [2.75, 3.05) is 18.5 Å². The third-order valence-corrected chi connectivity index (χ3v) is 4.41. The molecule has 0 bridgehead atoms. The van der Waals surface area contributed by atoms with Crippen LogP contribution in [0.25, 0.3) is 0 Å². The number of rotatable bonds is 8. The summed E-state index contributed by atoms with van der Waals surface area (Å²) in [5.74, 6) is 2.19. The molecule has 7 nitrogen and oxygen atoms in total. The van der Waals surface area contributed by atoms with Gasteiger partial charge in [-0.05, 0) is 24.3 Å². The summed E-state index contributed by atoms with van der Waals surface area (Å²) >= 11 is 0. The van der Waals surface area contributed by atoms with Crippen molar-refractivity contribution in [1.82, 2.24) is 5.32 Å². The minimum atomic E-state index is -0.439. The van der Waals surface area contributed by atoms with Crippen LogP contribution in [-0.4, -0.2) is 31.1 Å². The Morgan fingerprint density at radius 3 is 2.67 bits per heavy atom. The fourth-order valence-corrected chi connectivity index (χ4v) is 2.77. The Bertz CT molecular complexity index is 890. The third kappa shape index (κ3) is 4.23. The minimum Gasteiger partial charge on any atom is -0.459 e. The van der Waals surface area contributed by atoms with E-state index in [2.05, 4.69) is 21.5 Å². The van der Waals surface area contributed by atoms with Crippen LogP contribution in [-0.2, 0) is 0 Å². The predicted molar refractivity (Wildman–Crippen MR) is 100 cm³/mol. The van der Waals surface area contributed by atoms with Crippen LogP contribution in [0.2, 0.25) is 0 Å². The summed E-state index contributed by atoms with van der Waals surface area (Å²) in [6.45, 7) is 0.417. The molecule has 2 heterocycles. The van der Waals surface area contributed by atoms with Crippen molar-refractivity contribution in [2.45, 2.75) is 24.9 Å². The maximum absolute atomic E-state index is 12.6. The molecule has 0 saturated heterocycles. The number of terminal acetylenes is 1. The number of carbonyl (C=O) groups excluding carboxylic acids is 2. The molecule has 0 radical (unpaired) electrons.